The number of nitrogens with one attached hydrogen (secondary N) is 1. The Morgan fingerprint density at radius 3 is 2.23 bits per heavy atom. The summed E-state index contributed by atoms with van der Waals surface area (Å²) in [7, 11) is 1.17. The quantitative estimate of drug-likeness (QED) is 0.829. The summed E-state index contributed by atoms with van der Waals surface area (Å²) in [5.41, 5.74) is -0.313. The standard InChI is InChI=1S/C15H20ClNO5/c1-15(2,3)22-14(20)17-11(13(19)21-4)12(18)9-5-7-10(16)8-6-9/h5-8,11-12,18H,1-4H3,(H,17,20)/t11-,12-/m0/s1. The van der Waals surface area contributed by atoms with Crippen LogP contribution >= 0.6 is 11.6 Å². The Morgan fingerprint density at radius 1 is 1.23 bits per heavy atom. The van der Waals surface area contributed by atoms with E-state index in [0.29, 0.717) is 10.6 Å². The van der Waals surface area contributed by atoms with Gasteiger partial charge in [-0.05, 0) is 38.5 Å². The van der Waals surface area contributed by atoms with E-state index >= 15 is 0 Å². The van der Waals surface area contributed by atoms with E-state index in [9.17, 15) is 14.7 Å². The summed E-state index contributed by atoms with van der Waals surface area (Å²) >= 11 is 5.78. The molecular weight excluding hydrogens is 310 g/mol. The number of aliphatic hydroxyl groups is 1. The fourth-order valence-electron chi connectivity index (χ4n) is 1.68. The average molecular weight is 330 g/mol. The molecule has 1 aromatic rings. The minimum absolute atomic E-state index is 0.413. The monoisotopic (exact) mass is 329 g/mol. The van der Waals surface area contributed by atoms with E-state index in [-0.39, 0.29) is 0 Å². The van der Waals surface area contributed by atoms with Crippen molar-refractivity contribution in [3.05, 3.63) is 34.9 Å². The summed E-state index contributed by atoms with van der Waals surface area (Å²) in [6.45, 7) is 5.07. The van der Waals surface area contributed by atoms with Crippen LogP contribution in [0.2, 0.25) is 5.02 Å². The van der Waals surface area contributed by atoms with Gasteiger partial charge in [-0.15, -0.1) is 0 Å². The first-order chi connectivity index (χ1) is 10.1. The molecule has 1 rings (SSSR count). The molecule has 0 spiro atoms. The maximum atomic E-state index is 11.8. The zero-order chi connectivity index (χ0) is 16.9. The van der Waals surface area contributed by atoms with E-state index in [4.69, 9.17) is 16.3 Å². The second-order valence-corrected chi connectivity index (χ2v) is 6.08. The van der Waals surface area contributed by atoms with Crippen molar-refractivity contribution < 1.29 is 24.2 Å². The van der Waals surface area contributed by atoms with Crippen LogP contribution in [0.3, 0.4) is 0 Å². The van der Waals surface area contributed by atoms with Crippen molar-refractivity contribution in [1.29, 1.82) is 0 Å². The molecule has 7 heteroatoms. The van der Waals surface area contributed by atoms with Crippen LogP contribution in [-0.2, 0) is 14.3 Å². The number of esters is 1. The van der Waals surface area contributed by atoms with Gasteiger partial charge >= 0.3 is 12.1 Å². The van der Waals surface area contributed by atoms with Gasteiger partial charge in [0.05, 0.1) is 7.11 Å². The predicted octanol–water partition coefficient (Wildman–Crippen LogP) is 2.44. The molecular formula is C15H20ClNO5. The summed E-state index contributed by atoms with van der Waals surface area (Å²) in [6.07, 6.45) is -2.12. The van der Waals surface area contributed by atoms with Crippen LogP contribution in [-0.4, -0.2) is 35.9 Å². The van der Waals surface area contributed by atoms with Gasteiger partial charge in [-0.2, -0.15) is 0 Å². The molecule has 6 nitrogen and oxygen atoms in total. The summed E-state index contributed by atoms with van der Waals surface area (Å²) in [6, 6.07) is 4.96. The summed E-state index contributed by atoms with van der Waals surface area (Å²) in [4.78, 5) is 23.6. The number of methoxy groups -OCH3 is 1. The number of aliphatic hydroxyl groups excluding tert-OH is 1. The van der Waals surface area contributed by atoms with Gasteiger partial charge in [0.1, 0.15) is 11.7 Å². The Bertz CT molecular complexity index is 524. The number of carbonyl (C=O) groups excluding carboxylic acids is 2. The van der Waals surface area contributed by atoms with Gasteiger partial charge in [-0.3, -0.25) is 0 Å². The van der Waals surface area contributed by atoms with E-state index in [1.165, 1.54) is 7.11 Å². The third kappa shape index (κ3) is 5.54. The van der Waals surface area contributed by atoms with Crippen LogP contribution < -0.4 is 5.32 Å². The Kier molecular flexibility index (Phi) is 6.20. The molecule has 1 aromatic carbocycles. The molecule has 122 valence electrons. The molecule has 0 aliphatic carbocycles. The van der Waals surface area contributed by atoms with Gasteiger partial charge in [0.15, 0.2) is 6.04 Å². The first-order valence-electron chi connectivity index (χ1n) is 6.65. The number of amides is 1. The van der Waals surface area contributed by atoms with Crippen molar-refractivity contribution in [1.82, 2.24) is 5.32 Å². The van der Waals surface area contributed by atoms with E-state index in [1.807, 2.05) is 0 Å². The molecule has 2 N–H and O–H groups in total. The normalized spacial score (nSPS) is 13.9. The number of halogens is 1. The average Bonchev–Trinajstić information content (AvgIpc) is 2.42. The van der Waals surface area contributed by atoms with Crippen molar-refractivity contribution >= 4 is 23.7 Å². The van der Waals surface area contributed by atoms with Crippen LogP contribution in [0.15, 0.2) is 24.3 Å². The lowest BCUT2D eigenvalue weighted by Crippen LogP contribution is -2.47. The molecule has 0 fully saturated rings. The Morgan fingerprint density at radius 2 is 1.77 bits per heavy atom. The first kappa shape index (κ1) is 18.3. The highest BCUT2D eigenvalue weighted by atomic mass is 35.5. The fraction of sp³-hybridized carbons (Fsp3) is 0.467. The third-order valence-corrected chi connectivity index (χ3v) is 2.91. The van der Waals surface area contributed by atoms with E-state index < -0.39 is 29.8 Å². The van der Waals surface area contributed by atoms with E-state index in [2.05, 4.69) is 10.1 Å². The SMILES string of the molecule is COC(=O)[C@@H](NC(=O)OC(C)(C)C)[C@@H](O)c1ccc(Cl)cc1. The van der Waals surface area contributed by atoms with Gasteiger partial charge in [0.25, 0.3) is 0 Å². The minimum Gasteiger partial charge on any atom is -0.467 e. The topological polar surface area (TPSA) is 84.9 Å². The number of ether oxygens (including phenoxy) is 2. The molecule has 0 saturated heterocycles. The molecule has 0 saturated carbocycles. The van der Waals surface area contributed by atoms with Gasteiger partial charge < -0.3 is 19.9 Å². The molecule has 0 bridgehead atoms. The highest BCUT2D eigenvalue weighted by Crippen LogP contribution is 2.20. The van der Waals surface area contributed by atoms with Crippen molar-refractivity contribution in [3.63, 3.8) is 0 Å². The number of benzene rings is 1. The van der Waals surface area contributed by atoms with Gasteiger partial charge in [0, 0.05) is 5.02 Å². The smallest absolute Gasteiger partial charge is 0.408 e. The van der Waals surface area contributed by atoms with Crippen molar-refractivity contribution in [2.24, 2.45) is 0 Å². The minimum atomic E-state index is -1.29. The predicted molar refractivity (Wildman–Crippen MR) is 81.6 cm³/mol. The first-order valence-corrected chi connectivity index (χ1v) is 7.02. The van der Waals surface area contributed by atoms with Crippen molar-refractivity contribution in [2.45, 2.75) is 38.5 Å². The van der Waals surface area contributed by atoms with E-state index in [0.717, 1.165) is 0 Å². The van der Waals surface area contributed by atoms with Crippen LogP contribution in [0.25, 0.3) is 0 Å². The zero-order valence-electron chi connectivity index (χ0n) is 12.9. The molecule has 1 amide bonds. The van der Waals surface area contributed by atoms with Gasteiger partial charge in [0.2, 0.25) is 0 Å². The summed E-state index contributed by atoms with van der Waals surface area (Å²) in [5, 5.41) is 13.1. The molecule has 0 unspecified atom stereocenters. The second kappa shape index (κ2) is 7.47. The molecule has 0 aliphatic heterocycles. The molecule has 0 aromatic heterocycles. The third-order valence-electron chi connectivity index (χ3n) is 2.65. The van der Waals surface area contributed by atoms with Crippen molar-refractivity contribution in [2.75, 3.05) is 7.11 Å². The Hall–Kier alpha value is -1.79. The maximum Gasteiger partial charge on any atom is 0.408 e. The lowest BCUT2D eigenvalue weighted by molar-refractivity contribution is -0.146. The molecule has 22 heavy (non-hydrogen) atoms. The molecule has 0 radical (unpaired) electrons. The fourth-order valence-corrected chi connectivity index (χ4v) is 1.81. The molecule has 2 atom stereocenters. The maximum absolute atomic E-state index is 11.8. The van der Waals surface area contributed by atoms with Crippen LogP contribution in [0.1, 0.15) is 32.4 Å². The van der Waals surface area contributed by atoms with Gasteiger partial charge in [-0.1, -0.05) is 23.7 Å². The largest absolute Gasteiger partial charge is 0.467 e. The lowest BCUT2D eigenvalue weighted by atomic mass is 10.0. The summed E-state index contributed by atoms with van der Waals surface area (Å²) in [5.74, 6) is -0.784. The van der Waals surface area contributed by atoms with Crippen molar-refractivity contribution in [3.8, 4) is 0 Å². The number of alkyl carbamates (subject to hydrolysis) is 1. The van der Waals surface area contributed by atoms with Crippen LogP contribution in [0, 0.1) is 0 Å². The summed E-state index contributed by atoms with van der Waals surface area (Å²) < 4.78 is 9.69. The number of carbonyl (C=O) groups is 2. The highest BCUT2D eigenvalue weighted by molar-refractivity contribution is 6.30. The highest BCUT2D eigenvalue weighted by Gasteiger charge is 2.32. The number of hydrogen-bond donors (Lipinski definition) is 2. The number of hydrogen-bond acceptors (Lipinski definition) is 5. The zero-order valence-corrected chi connectivity index (χ0v) is 13.7. The van der Waals surface area contributed by atoms with E-state index in [1.54, 1.807) is 45.0 Å². The second-order valence-electron chi connectivity index (χ2n) is 5.64. The molecule has 0 aliphatic rings. The van der Waals surface area contributed by atoms with Crippen LogP contribution in [0.5, 0.6) is 0 Å². The van der Waals surface area contributed by atoms with Crippen LogP contribution in [0.4, 0.5) is 4.79 Å². The molecule has 0 heterocycles. The Labute approximate surface area is 134 Å². The Balaban J connectivity index is 2.90. The number of rotatable bonds is 4. The lowest BCUT2D eigenvalue weighted by Gasteiger charge is -2.25. The van der Waals surface area contributed by atoms with Gasteiger partial charge in [-0.25, -0.2) is 9.59 Å².